The molecule has 4 aromatic rings. The molecule has 1 fully saturated rings. The smallest absolute Gasteiger partial charge is 0.128 e. The van der Waals surface area contributed by atoms with E-state index in [1.165, 1.54) is 10.9 Å². The average molecular weight is 399 g/mol. The Balaban J connectivity index is 1.49. The molecule has 30 heavy (non-hydrogen) atoms. The molecule has 0 bridgehead atoms. The van der Waals surface area contributed by atoms with Crippen molar-refractivity contribution in [2.24, 2.45) is 0 Å². The van der Waals surface area contributed by atoms with Crippen molar-refractivity contribution in [3.05, 3.63) is 59.7 Å². The lowest BCUT2D eigenvalue weighted by Gasteiger charge is -2.28. The van der Waals surface area contributed by atoms with Gasteiger partial charge in [-0.15, -0.1) is 0 Å². The van der Waals surface area contributed by atoms with E-state index in [-0.39, 0.29) is 0 Å². The first-order chi connectivity index (χ1) is 14.6. The average Bonchev–Trinajstić information content (AvgIpc) is 3.10. The number of hydrogen-bond donors (Lipinski definition) is 2. The predicted octanol–water partition coefficient (Wildman–Crippen LogP) is 4.02. The van der Waals surface area contributed by atoms with Gasteiger partial charge >= 0.3 is 0 Å². The molecule has 1 aromatic carbocycles. The first-order valence-corrected chi connectivity index (χ1v) is 10.5. The van der Waals surface area contributed by atoms with Crippen LogP contribution < -0.4 is 10.2 Å². The van der Waals surface area contributed by atoms with Gasteiger partial charge < -0.3 is 15.2 Å². The number of hydrogen-bond acceptors (Lipinski definition) is 5. The number of benzene rings is 1. The van der Waals surface area contributed by atoms with Crippen LogP contribution in [-0.4, -0.2) is 46.1 Å². The van der Waals surface area contributed by atoms with Crippen LogP contribution in [-0.2, 0) is 0 Å². The van der Waals surface area contributed by atoms with E-state index in [1.54, 1.807) is 0 Å². The number of aromatic nitrogens is 4. The van der Waals surface area contributed by atoms with Crippen molar-refractivity contribution in [2.45, 2.75) is 20.8 Å². The fourth-order valence-electron chi connectivity index (χ4n) is 4.26. The van der Waals surface area contributed by atoms with Crippen molar-refractivity contribution in [1.29, 1.82) is 0 Å². The quantitative estimate of drug-likeness (QED) is 0.545. The largest absolute Gasteiger partial charge is 0.354 e. The Kier molecular flexibility index (Phi) is 4.71. The highest BCUT2D eigenvalue weighted by atomic mass is 15.2. The van der Waals surface area contributed by atoms with Crippen molar-refractivity contribution in [3.63, 3.8) is 0 Å². The van der Waals surface area contributed by atoms with Crippen LogP contribution in [0.4, 0.5) is 5.82 Å². The van der Waals surface area contributed by atoms with Crippen molar-refractivity contribution in [2.75, 3.05) is 31.1 Å². The van der Waals surface area contributed by atoms with Crippen molar-refractivity contribution >= 4 is 16.7 Å². The van der Waals surface area contributed by atoms with Gasteiger partial charge in [0.1, 0.15) is 11.6 Å². The van der Waals surface area contributed by atoms with Crippen LogP contribution in [0, 0.1) is 20.8 Å². The summed E-state index contributed by atoms with van der Waals surface area (Å²) in [6, 6.07) is 12.9. The molecule has 0 atom stereocenters. The number of nitrogens with one attached hydrogen (secondary N) is 2. The van der Waals surface area contributed by atoms with Crippen LogP contribution in [0.15, 0.2) is 42.6 Å². The molecule has 1 aliphatic rings. The summed E-state index contributed by atoms with van der Waals surface area (Å²) >= 11 is 0. The Labute approximate surface area is 176 Å². The van der Waals surface area contributed by atoms with E-state index < -0.39 is 0 Å². The highest BCUT2D eigenvalue weighted by Crippen LogP contribution is 2.32. The first kappa shape index (κ1) is 18.8. The second kappa shape index (κ2) is 7.54. The number of aromatic amines is 1. The van der Waals surface area contributed by atoms with Crippen LogP contribution in [0.25, 0.3) is 33.4 Å². The number of rotatable bonds is 3. The van der Waals surface area contributed by atoms with E-state index in [0.717, 1.165) is 71.5 Å². The van der Waals surface area contributed by atoms with Crippen molar-refractivity contribution in [1.82, 2.24) is 25.3 Å². The van der Waals surface area contributed by atoms with Gasteiger partial charge in [0.15, 0.2) is 0 Å². The van der Waals surface area contributed by atoms with E-state index in [2.05, 4.69) is 62.4 Å². The number of anilines is 1. The SMILES string of the molecule is Cc1cc(-c2[nH]c3cc(-c4ccc(N5CCNCC5)nc4)ccc3c2C)nc(C)n1. The molecule has 0 spiro atoms. The lowest BCUT2D eigenvalue weighted by Crippen LogP contribution is -2.43. The second-order valence-electron chi connectivity index (χ2n) is 7.97. The zero-order valence-electron chi connectivity index (χ0n) is 17.7. The first-order valence-electron chi connectivity index (χ1n) is 10.5. The Morgan fingerprint density at radius 3 is 2.43 bits per heavy atom. The third-order valence-corrected chi connectivity index (χ3v) is 5.80. The molecule has 5 rings (SSSR count). The van der Waals surface area contributed by atoms with Crippen LogP contribution in [0.3, 0.4) is 0 Å². The second-order valence-corrected chi connectivity index (χ2v) is 7.97. The summed E-state index contributed by atoms with van der Waals surface area (Å²) in [5, 5.41) is 4.60. The highest BCUT2D eigenvalue weighted by molar-refractivity contribution is 5.92. The summed E-state index contributed by atoms with van der Waals surface area (Å²) in [6.45, 7) is 10.1. The molecule has 0 saturated carbocycles. The molecule has 0 unspecified atom stereocenters. The van der Waals surface area contributed by atoms with Crippen LogP contribution >= 0.6 is 0 Å². The molecule has 6 heteroatoms. The van der Waals surface area contributed by atoms with Gasteiger partial charge in [-0.3, -0.25) is 0 Å². The summed E-state index contributed by atoms with van der Waals surface area (Å²) in [5.41, 5.74) is 7.58. The van der Waals surface area contributed by atoms with Crippen LogP contribution in [0.5, 0.6) is 0 Å². The number of H-pyrrole nitrogens is 1. The lowest BCUT2D eigenvalue weighted by molar-refractivity contribution is 0.585. The van der Waals surface area contributed by atoms with Gasteiger partial charge in [0.2, 0.25) is 0 Å². The van der Waals surface area contributed by atoms with Crippen molar-refractivity contribution < 1.29 is 0 Å². The van der Waals surface area contributed by atoms with Gasteiger partial charge in [-0.2, -0.15) is 0 Å². The maximum atomic E-state index is 4.72. The summed E-state index contributed by atoms with van der Waals surface area (Å²) in [6.07, 6.45) is 1.98. The normalized spacial score (nSPS) is 14.4. The molecular formula is C24H26N6. The molecule has 0 aliphatic carbocycles. The summed E-state index contributed by atoms with van der Waals surface area (Å²) in [4.78, 5) is 19.7. The fraction of sp³-hybridized carbons (Fsp3) is 0.292. The lowest BCUT2D eigenvalue weighted by atomic mass is 10.0. The maximum absolute atomic E-state index is 4.72. The van der Waals surface area contributed by atoms with E-state index in [1.807, 2.05) is 26.1 Å². The van der Waals surface area contributed by atoms with Crippen molar-refractivity contribution in [3.8, 4) is 22.5 Å². The summed E-state index contributed by atoms with van der Waals surface area (Å²) < 4.78 is 0. The number of pyridine rings is 1. The Bertz CT molecular complexity index is 1180. The minimum absolute atomic E-state index is 0.791. The molecule has 0 amide bonds. The third-order valence-electron chi connectivity index (χ3n) is 5.80. The van der Waals surface area contributed by atoms with Gasteiger partial charge in [0, 0.05) is 54.5 Å². The number of nitrogens with zero attached hydrogens (tertiary/aromatic N) is 4. The molecule has 3 aromatic heterocycles. The zero-order chi connectivity index (χ0) is 20.7. The highest BCUT2D eigenvalue weighted by Gasteiger charge is 2.14. The van der Waals surface area contributed by atoms with Gasteiger partial charge in [0.25, 0.3) is 0 Å². The predicted molar refractivity (Wildman–Crippen MR) is 122 cm³/mol. The fourth-order valence-corrected chi connectivity index (χ4v) is 4.26. The monoisotopic (exact) mass is 398 g/mol. The molecular weight excluding hydrogens is 372 g/mol. The van der Waals surface area contributed by atoms with E-state index in [0.29, 0.717) is 0 Å². The molecule has 0 radical (unpaired) electrons. The van der Waals surface area contributed by atoms with Crippen LogP contribution in [0.1, 0.15) is 17.1 Å². The van der Waals surface area contributed by atoms with Gasteiger partial charge in [0.05, 0.1) is 11.4 Å². The standard InChI is InChI=1S/C24H26N6/c1-15-12-22(28-17(3)27-15)24-16(2)20-6-4-18(13-21(20)29-24)19-5-7-23(26-14-19)30-10-8-25-9-11-30/h4-7,12-14,25,29H,8-11H2,1-3H3. The molecule has 1 saturated heterocycles. The van der Waals surface area contributed by atoms with Crippen LogP contribution in [0.2, 0.25) is 0 Å². The van der Waals surface area contributed by atoms with E-state index in [4.69, 9.17) is 4.98 Å². The summed E-state index contributed by atoms with van der Waals surface area (Å²) in [7, 11) is 0. The topological polar surface area (TPSA) is 69.7 Å². The molecule has 4 heterocycles. The van der Waals surface area contributed by atoms with Gasteiger partial charge in [-0.05, 0) is 56.2 Å². The Hall–Kier alpha value is -3.25. The Morgan fingerprint density at radius 1 is 0.900 bits per heavy atom. The van der Waals surface area contributed by atoms with E-state index >= 15 is 0 Å². The summed E-state index contributed by atoms with van der Waals surface area (Å²) in [5.74, 6) is 1.84. The number of aryl methyl sites for hydroxylation is 3. The van der Waals surface area contributed by atoms with Gasteiger partial charge in [-0.25, -0.2) is 15.0 Å². The molecule has 152 valence electrons. The minimum atomic E-state index is 0.791. The van der Waals surface area contributed by atoms with Gasteiger partial charge in [-0.1, -0.05) is 12.1 Å². The molecule has 1 aliphatic heterocycles. The maximum Gasteiger partial charge on any atom is 0.128 e. The third kappa shape index (κ3) is 3.44. The Morgan fingerprint density at radius 2 is 1.70 bits per heavy atom. The zero-order valence-corrected chi connectivity index (χ0v) is 17.7. The molecule has 6 nitrogen and oxygen atoms in total. The number of fused-ring (bicyclic) bond motifs is 1. The number of piperazine rings is 1. The minimum Gasteiger partial charge on any atom is -0.354 e. The molecule has 2 N–H and O–H groups in total. The van der Waals surface area contributed by atoms with E-state index in [9.17, 15) is 0 Å².